The minimum atomic E-state index is -0.383. The monoisotopic (exact) mass is 382 g/mol. The topological polar surface area (TPSA) is 104 Å². The van der Waals surface area contributed by atoms with Crippen LogP contribution in [-0.2, 0) is 11.2 Å². The maximum Gasteiger partial charge on any atom is 0.258 e. The Morgan fingerprint density at radius 3 is 2.52 bits per heavy atom. The van der Waals surface area contributed by atoms with Crippen molar-refractivity contribution in [2.75, 3.05) is 10.6 Å². The molecule has 0 aliphatic carbocycles. The number of nitrogens with zero attached hydrogens (tertiary/aromatic N) is 1. The van der Waals surface area contributed by atoms with Gasteiger partial charge in [0.25, 0.3) is 5.91 Å². The molecule has 3 N–H and O–H groups in total. The van der Waals surface area contributed by atoms with Gasteiger partial charge in [0.05, 0.1) is 17.7 Å². The number of hydrogen-bond acceptors (Lipinski definition) is 5. The van der Waals surface area contributed by atoms with Crippen LogP contribution >= 0.6 is 11.3 Å². The van der Waals surface area contributed by atoms with Gasteiger partial charge in [-0.15, -0.1) is 11.3 Å². The lowest BCUT2D eigenvalue weighted by Crippen LogP contribution is -2.16. The molecule has 2 heterocycles. The van der Waals surface area contributed by atoms with Crippen LogP contribution in [0.2, 0.25) is 0 Å². The number of aromatic nitrogens is 2. The van der Waals surface area contributed by atoms with E-state index in [4.69, 9.17) is 0 Å². The summed E-state index contributed by atoms with van der Waals surface area (Å²) in [5, 5.41) is 7.62. The summed E-state index contributed by atoms with van der Waals surface area (Å²) in [7, 11) is 0. The van der Waals surface area contributed by atoms with Crippen molar-refractivity contribution in [2.24, 2.45) is 0 Å². The molecule has 3 rings (SSSR count). The summed E-state index contributed by atoms with van der Waals surface area (Å²) in [5.41, 5.74) is 3.51. The van der Waals surface area contributed by atoms with Gasteiger partial charge in [-0.1, -0.05) is 6.07 Å². The van der Waals surface area contributed by atoms with E-state index in [0.717, 1.165) is 16.8 Å². The van der Waals surface area contributed by atoms with Gasteiger partial charge in [-0.3, -0.25) is 19.7 Å². The van der Waals surface area contributed by atoms with Gasteiger partial charge in [0.15, 0.2) is 5.13 Å². The van der Waals surface area contributed by atoms with Gasteiger partial charge in [0.1, 0.15) is 0 Å². The molecule has 27 heavy (non-hydrogen) atoms. The number of H-pyrrole nitrogens is 1. The molecule has 1 aromatic carbocycles. The average molecular weight is 382 g/mol. The highest BCUT2D eigenvalue weighted by Crippen LogP contribution is 2.18. The van der Waals surface area contributed by atoms with Gasteiger partial charge in [0, 0.05) is 23.3 Å². The second kappa shape index (κ2) is 7.96. The third-order valence-corrected chi connectivity index (χ3v) is 4.47. The van der Waals surface area contributed by atoms with E-state index >= 15 is 0 Å². The third kappa shape index (κ3) is 5.11. The summed E-state index contributed by atoms with van der Waals surface area (Å²) in [5.74, 6) is -0.560. The summed E-state index contributed by atoms with van der Waals surface area (Å²) in [4.78, 5) is 42.1. The molecule has 0 saturated carbocycles. The number of carbonyl (C=O) groups is 2. The first-order valence-corrected chi connectivity index (χ1v) is 9.09. The first-order chi connectivity index (χ1) is 12.9. The molecule has 0 aliphatic heterocycles. The van der Waals surface area contributed by atoms with Gasteiger partial charge in [-0.2, -0.15) is 0 Å². The zero-order valence-electron chi connectivity index (χ0n) is 14.8. The number of hydrogen-bond donors (Lipinski definition) is 3. The Morgan fingerprint density at radius 2 is 1.85 bits per heavy atom. The molecule has 0 bridgehead atoms. The van der Waals surface area contributed by atoms with Crippen molar-refractivity contribution in [3.63, 3.8) is 0 Å². The number of thiazole rings is 1. The minimum absolute atomic E-state index is 0.109. The molecule has 8 heteroatoms. The molecule has 0 radical (unpaired) electrons. The van der Waals surface area contributed by atoms with E-state index in [0.29, 0.717) is 16.4 Å². The van der Waals surface area contributed by atoms with Crippen molar-refractivity contribution in [1.29, 1.82) is 0 Å². The Labute approximate surface area is 159 Å². The lowest BCUT2D eigenvalue weighted by molar-refractivity contribution is -0.115. The van der Waals surface area contributed by atoms with Crippen LogP contribution < -0.4 is 16.2 Å². The SMILES string of the molecule is Cc1cc(C)cc(NC(=O)Cc2csc(NC(=O)c3ccc(=O)[nH]c3)n2)c1. The summed E-state index contributed by atoms with van der Waals surface area (Å²) >= 11 is 1.23. The number of nitrogens with one attached hydrogen (secondary N) is 3. The Kier molecular flexibility index (Phi) is 5.46. The predicted molar refractivity (Wildman–Crippen MR) is 105 cm³/mol. The first-order valence-electron chi connectivity index (χ1n) is 8.22. The molecule has 0 spiro atoms. The van der Waals surface area contributed by atoms with E-state index in [1.54, 1.807) is 5.38 Å². The van der Waals surface area contributed by atoms with Crippen molar-refractivity contribution in [2.45, 2.75) is 20.3 Å². The summed E-state index contributed by atoms with van der Waals surface area (Å²) in [6, 6.07) is 8.55. The quantitative estimate of drug-likeness (QED) is 0.631. The van der Waals surface area contributed by atoms with Crippen LogP contribution in [0.1, 0.15) is 27.2 Å². The largest absolute Gasteiger partial charge is 0.328 e. The fourth-order valence-electron chi connectivity index (χ4n) is 2.58. The molecule has 7 nitrogen and oxygen atoms in total. The van der Waals surface area contributed by atoms with E-state index in [1.165, 1.54) is 29.7 Å². The number of anilines is 2. The molecule has 0 atom stereocenters. The summed E-state index contributed by atoms with van der Waals surface area (Å²) < 4.78 is 0. The lowest BCUT2D eigenvalue weighted by Gasteiger charge is -2.06. The predicted octanol–water partition coefficient (Wildman–Crippen LogP) is 2.88. The number of pyridine rings is 1. The van der Waals surface area contributed by atoms with Crippen LogP contribution in [-0.4, -0.2) is 21.8 Å². The molecule has 3 aromatic rings. The van der Waals surface area contributed by atoms with E-state index in [-0.39, 0.29) is 23.8 Å². The highest BCUT2D eigenvalue weighted by Gasteiger charge is 2.12. The van der Waals surface area contributed by atoms with E-state index < -0.39 is 0 Å². The molecule has 2 aromatic heterocycles. The molecule has 0 unspecified atom stereocenters. The molecule has 0 saturated heterocycles. The highest BCUT2D eigenvalue weighted by atomic mass is 32.1. The van der Waals surface area contributed by atoms with Crippen LogP contribution in [0, 0.1) is 13.8 Å². The molecule has 0 aliphatic rings. The zero-order valence-corrected chi connectivity index (χ0v) is 15.6. The number of carbonyl (C=O) groups excluding carboxylic acids is 2. The minimum Gasteiger partial charge on any atom is -0.328 e. The van der Waals surface area contributed by atoms with Gasteiger partial charge < -0.3 is 10.3 Å². The van der Waals surface area contributed by atoms with Crippen molar-refractivity contribution >= 4 is 34.0 Å². The van der Waals surface area contributed by atoms with Gasteiger partial charge >= 0.3 is 0 Å². The number of aryl methyl sites for hydroxylation is 2. The van der Waals surface area contributed by atoms with Crippen LogP contribution in [0.4, 0.5) is 10.8 Å². The number of amides is 2. The fraction of sp³-hybridized carbons (Fsp3) is 0.158. The summed E-state index contributed by atoms with van der Waals surface area (Å²) in [6.45, 7) is 3.95. The average Bonchev–Trinajstić information content (AvgIpc) is 3.01. The first kappa shape index (κ1) is 18.5. The Hall–Kier alpha value is -3.26. The maximum absolute atomic E-state index is 12.2. The smallest absolute Gasteiger partial charge is 0.258 e. The van der Waals surface area contributed by atoms with Crippen LogP contribution in [0.3, 0.4) is 0 Å². The fourth-order valence-corrected chi connectivity index (χ4v) is 3.29. The highest BCUT2D eigenvalue weighted by molar-refractivity contribution is 7.14. The number of rotatable bonds is 5. The van der Waals surface area contributed by atoms with Crippen molar-refractivity contribution in [3.05, 3.63) is 74.6 Å². The molecule has 0 fully saturated rings. The van der Waals surface area contributed by atoms with Gasteiger partial charge in [0.2, 0.25) is 11.5 Å². The van der Waals surface area contributed by atoms with Gasteiger partial charge in [-0.05, 0) is 43.2 Å². The van der Waals surface area contributed by atoms with Gasteiger partial charge in [-0.25, -0.2) is 4.98 Å². The van der Waals surface area contributed by atoms with Crippen LogP contribution in [0.25, 0.3) is 0 Å². The zero-order chi connectivity index (χ0) is 19.4. The number of aromatic amines is 1. The second-order valence-electron chi connectivity index (χ2n) is 6.14. The Balaban J connectivity index is 1.60. The Bertz CT molecular complexity index is 1010. The van der Waals surface area contributed by atoms with Crippen molar-refractivity contribution in [1.82, 2.24) is 9.97 Å². The third-order valence-electron chi connectivity index (χ3n) is 3.67. The Morgan fingerprint density at radius 1 is 1.11 bits per heavy atom. The lowest BCUT2D eigenvalue weighted by atomic mass is 10.1. The van der Waals surface area contributed by atoms with Crippen molar-refractivity contribution < 1.29 is 9.59 Å². The van der Waals surface area contributed by atoms with Crippen molar-refractivity contribution in [3.8, 4) is 0 Å². The second-order valence-corrected chi connectivity index (χ2v) is 7.00. The molecular weight excluding hydrogens is 364 g/mol. The maximum atomic E-state index is 12.2. The van der Waals surface area contributed by atoms with E-state index in [2.05, 4.69) is 20.6 Å². The molecular formula is C19H18N4O3S. The molecule has 138 valence electrons. The molecule has 2 amide bonds. The van der Waals surface area contributed by atoms with E-state index in [9.17, 15) is 14.4 Å². The normalized spacial score (nSPS) is 10.4. The standard InChI is InChI=1S/C19H18N4O3S/c1-11-5-12(2)7-14(6-11)21-17(25)8-15-10-27-19(22-15)23-18(26)13-3-4-16(24)20-9-13/h3-7,9-10H,8H2,1-2H3,(H,20,24)(H,21,25)(H,22,23,26). The van der Waals surface area contributed by atoms with E-state index in [1.807, 2.05) is 32.0 Å². The van der Waals surface area contributed by atoms with Crippen LogP contribution in [0.15, 0.2) is 46.7 Å². The summed E-state index contributed by atoms with van der Waals surface area (Å²) in [6.07, 6.45) is 1.45. The van der Waals surface area contributed by atoms with Crippen LogP contribution in [0.5, 0.6) is 0 Å². The number of benzene rings is 1.